The molecule has 1 aliphatic heterocycles. The molecule has 0 saturated carbocycles. The molecule has 1 saturated heterocycles. The van der Waals surface area contributed by atoms with E-state index in [1.807, 2.05) is 12.1 Å². The van der Waals surface area contributed by atoms with E-state index in [2.05, 4.69) is 42.6 Å². The van der Waals surface area contributed by atoms with Gasteiger partial charge in [0.25, 0.3) is 0 Å². The Labute approximate surface area is 123 Å². The molecule has 2 unspecified atom stereocenters. The van der Waals surface area contributed by atoms with E-state index in [1.54, 1.807) is 0 Å². The molecule has 3 aromatic rings. The van der Waals surface area contributed by atoms with Crippen molar-refractivity contribution in [2.75, 3.05) is 11.9 Å². The second-order valence-corrected chi connectivity index (χ2v) is 5.86. The summed E-state index contributed by atoms with van der Waals surface area (Å²) in [6, 6.07) is 15.0. The third kappa shape index (κ3) is 2.38. The van der Waals surface area contributed by atoms with E-state index in [0.29, 0.717) is 12.1 Å². The SMILES string of the molecule is CC1CC(Nc2ccc3oc4ccccc4c3c2)CCO1. The van der Waals surface area contributed by atoms with Crippen LogP contribution in [0.4, 0.5) is 5.69 Å². The number of hydrogen-bond acceptors (Lipinski definition) is 3. The number of fused-ring (bicyclic) bond motifs is 3. The molecule has 4 rings (SSSR count). The summed E-state index contributed by atoms with van der Waals surface area (Å²) in [6.07, 6.45) is 2.47. The van der Waals surface area contributed by atoms with Crippen molar-refractivity contribution >= 4 is 27.6 Å². The fraction of sp³-hybridized carbons (Fsp3) is 0.333. The van der Waals surface area contributed by atoms with Gasteiger partial charge in [0.2, 0.25) is 0 Å². The summed E-state index contributed by atoms with van der Waals surface area (Å²) in [5, 5.41) is 5.99. The van der Waals surface area contributed by atoms with Gasteiger partial charge in [0.05, 0.1) is 6.10 Å². The van der Waals surface area contributed by atoms with Crippen LogP contribution in [0.15, 0.2) is 46.9 Å². The van der Waals surface area contributed by atoms with Crippen LogP contribution in [-0.4, -0.2) is 18.8 Å². The molecule has 1 N–H and O–H groups in total. The summed E-state index contributed by atoms with van der Waals surface area (Å²) in [4.78, 5) is 0. The third-order valence-corrected chi connectivity index (χ3v) is 4.23. The van der Waals surface area contributed by atoms with Crippen molar-refractivity contribution in [3.8, 4) is 0 Å². The van der Waals surface area contributed by atoms with Gasteiger partial charge in [0.15, 0.2) is 0 Å². The fourth-order valence-corrected chi connectivity index (χ4v) is 3.18. The van der Waals surface area contributed by atoms with E-state index in [4.69, 9.17) is 9.15 Å². The standard InChI is InChI=1S/C18H19NO2/c1-12-10-14(8-9-20-12)19-13-6-7-18-16(11-13)15-4-2-3-5-17(15)21-18/h2-7,11-12,14,19H,8-10H2,1H3. The zero-order chi connectivity index (χ0) is 14.2. The van der Waals surface area contributed by atoms with Crippen LogP contribution in [0.5, 0.6) is 0 Å². The number of anilines is 1. The van der Waals surface area contributed by atoms with Crippen molar-refractivity contribution in [3.05, 3.63) is 42.5 Å². The van der Waals surface area contributed by atoms with Crippen molar-refractivity contribution in [1.82, 2.24) is 0 Å². The molecule has 2 aromatic carbocycles. The Morgan fingerprint density at radius 3 is 2.81 bits per heavy atom. The van der Waals surface area contributed by atoms with E-state index in [9.17, 15) is 0 Å². The van der Waals surface area contributed by atoms with Gasteiger partial charge in [-0.3, -0.25) is 0 Å². The highest BCUT2D eigenvalue weighted by Crippen LogP contribution is 2.31. The number of furan rings is 1. The van der Waals surface area contributed by atoms with Gasteiger partial charge in [0, 0.05) is 29.1 Å². The number of hydrogen-bond donors (Lipinski definition) is 1. The van der Waals surface area contributed by atoms with Gasteiger partial charge in [-0.05, 0) is 44.0 Å². The van der Waals surface area contributed by atoms with E-state index in [0.717, 1.165) is 36.3 Å². The minimum absolute atomic E-state index is 0.342. The molecule has 3 nitrogen and oxygen atoms in total. The average molecular weight is 281 g/mol. The minimum Gasteiger partial charge on any atom is -0.456 e. The number of para-hydroxylation sites is 1. The molecule has 108 valence electrons. The Bertz CT molecular complexity index is 777. The lowest BCUT2D eigenvalue weighted by Crippen LogP contribution is -2.32. The summed E-state index contributed by atoms with van der Waals surface area (Å²) < 4.78 is 11.5. The normalized spacial score (nSPS) is 22.7. The lowest BCUT2D eigenvalue weighted by molar-refractivity contribution is 0.0232. The average Bonchev–Trinajstić information content (AvgIpc) is 2.85. The molecule has 1 aliphatic rings. The molecule has 0 bridgehead atoms. The van der Waals surface area contributed by atoms with Gasteiger partial charge < -0.3 is 14.5 Å². The first kappa shape index (κ1) is 12.7. The Morgan fingerprint density at radius 2 is 1.90 bits per heavy atom. The highest BCUT2D eigenvalue weighted by molar-refractivity contribution is 6.05. The fourth-order valence-electron chi connectivity index (χ4n) is 3.18. The van der Waals surface area contributed by atoms with Crippen molar-refractivity contribution < 1.29 is 9.15 Å². The van der Waals surface area contributed by atoms with Gasteiger partial charge in [-0.25, -0.2) is 0 Å². The lowest BCUT2D eigenvalue weighted by Gasteiger charge is -2.28. The molecule has 2 atom stereocenters. The van der Waals surface area contributed by atoms with E-state index in [1.165, 1.54) is 10.8 Å². The summed E-state index contributed by atoms with van der Waals surface area (Å²) >= 11 is 0. The van der Waals surface area contributed by atoms with Crippen molar-refractivity contribution in [1.29, 1.82) is 0 Å². The van der Waals surface area contributed by atoms with Crippen molar-refractivity contribution in [2.45, 2.75) is 31.9 Å². The van der Waals surface area contributed by atoms with Crippen molar-refractivity contribution in [3.63, 3.8) is 0 Å². The minimum atomic E-state index is 0.342. The van der Waals surface area contributed by atoms with Crippen LogP contribution in [0.25, 0.3) is 21.9 Å². The topological polar surface area (TPSA) is 34.4 Å². The molecule has 2 heterocycles. The smallest absolute Gasteiger partial charge is 0.135 e. The first-order valence-corrected chi connectivity index (χ1v) is 7.59. The maximum Gasteiger partial charge on any atom is 0.135 e. The largest absolute Gasteiger partial charge is 0.456 e. The van der Waals surface area contributed by atoms with Crippen LogP contribution in [-0.2, 0) is 4.74 Å². The molecule has 0 radical (unpaired) electrons. The zero-order valence-electron chi connectivity index (χ0n) is 12.1. The predicted molar refractivity (Wildman–Crippen MR) is 85.8 cm³/mol. The highest BCUT2D eigenvalue weighted by Gasteiger charge is 2.19. The first-order valence-electron chi connectivity index (χ1n) is 7.59. The third-order valence-electron chi connectivity index (χ3n) is 4.23. The zero-order valence-corrected chi connectivity index (χ0v) is 12.1. The van der Waals surface area contributed by atoms with Crippen LogP contribution >= 0.6 is 0 Å². The van der Waals surface area contributed by atoms with Crippen LogP contribution in [0.2, 0.25) is 0 Å². The summed E-state index contributed by atoms with van der Waals surface area (Å²) in [5.74, 6) is 0. The Morgan fingerprint density at radius 1 is 1.05 bits per heavy atom. The second kappa shape index (κ2) is 5.08. The predicted octanol–water partition coefficient (Wildman–Crippen LogP) is 4.57. The van der Waals surface area contributed by atoms with Gasteiger partial charge in [0.1, 0.15) is 11.2 Å². The summed E-state index contributed by atoms with van der Waals surface area (Å²) in [7, 11) is 0. The lowest BCUT2D eigenvalue weighted by atomic mass is 10.0. The van der Waals surface area contributed by atoms with Gasteiger partial charge in [-0.2, -0.15) is 0 Å². The molecule has 0 spiro atoms. The Hall–Kier alpha value is -2.00. The van der Waals surface area contributed by atoms with E-state index in [-0.39, 0.29) is 0 Å². The quantitative estimate of drug-likeness (QED) is 0.747. The second-order valence-electron chi connectivity index (χ2n) is 5.86. The molecule has 0 amide bonds. The molecule has 3 heteroatoms. The number of nitrogens with one attached hydrogen (secondary N) is 1. The van der Waals surface area contributed by atoms with Gasteiger partial charge in [-0.1, -0.05) is 18.2 Å². The first-order chi connectivity index (χ1) is 10.3. The van der Waals surface area contributed by atoms with Crippen LogP contribution < -0.4 is 5.32 Å². The number of benzene rings is 2. The molecular weight excluding hydrogens is 262 g/mol. The summed E-state index contributed by atoms with van der Waals surface area (Å²) in [5.41, 5.74) is 3.06. The van der Waals surface area contributed by atoms with Crippen LogP contribution in [0, 0.1) is 0 Å². The van der Waals surface area contributed by atoms with E-state index < -0.39 is 0 Å². The molecule has 1 fully saturated rings. The molecular formula is C18H19NO2. The Balaban J connectivity index is 1.68. The number of rotatable bonds is 2. The van der Waals surface area contributed by atoms with E-state index >= 15 is 0 Å². The van der Waals surface area contributed by atoms with Gasteiger partial charge >= 0.3 is 0 Å². The van der Waals surface area contributed by atoms with Crippen molar-refractivity contribution in [2.24, 2.45) is 0 Å². The molecule has 0 aliphatic carbocycles. The number of ether oxygens (including phenoxy) is 1. The molecule has 21 heavy (non-hydrogen) atoms. The maximum absolute atomic E-state index is 5.87. The highest BCUT2D eigenvalue weighted by atomic mass is 16.5. The Kier molecular flexibility index (Phi) is 3.08. The van der Waals surface area contributed by atoms with Crippen LogP contribution in [0.1, 0.15) is 19.8 Å². The monoisotopic (exact) mass is 281 g/mol. The van der Waals surface area contributed by atoms with Gasteiger partial charge in [-0.15, -0.1) is 0 Å². The van der Waals surface area contributed by atoms with Crippen LogP contribution in [0.3, 0.4) is 0 Å². The summed E-state index contributed by atoms with van der Waals surface area (Å²) in [6.45, 7) is 2.98. The maximum atomic E-state index is 5.87. The molecule has 1 aromatic heterocycles.